The van der Waals surface area contributed by atoms with Crippen molar-refractivity contribution in [1.82, 2.24) is 4.31 Å². The summed E-state index contributed by atoms with van der Waals surface area (Å²) in [5.41, 5.74) is -1.48. The number of thioether (sulfide) groups is 1. The molecular formula is C20H25N3O6S2. The lowest BCUT2D eigenvalue weighted by Crippen LogP contribution is -2.41. The number of nitrogens with zero attached hydrogens (tertiary/aromatic N) is 1. The topological polar surface area (TPSA) is 126 Å². The van der Waals surface area contributed by atoms with Gasteiger partial charge in [0.1, 0.15) is 22.9 Å². The van der Waals surface area contributed by atoms with Crippen molar-refractivity contribution in [3.8, 4) is 0 Å². The molecule has 2 aromatic rings. The van der Waals surface area contributed by atoms with Crippen molar-refractivity contribution in [2.75, 3.05) is 23.7 Å². The Hall–Kier alpha value is -2.37. The molecule has 1 aromatic carbocycles. The Bertz CT molecular complexity index is 1190. The summed E-state index contributed by atoms with van der Waals surface area (Å²) in [6.07, 6.45) is 0.590. The van der Waals surface area contributed by atoms with Gasteiger partial charge < -0.3 is 15.1 Å². The quantitative estimate of drug-likeness (QED) is 0.506. The molecule has 31 heavy (non-hydrogen) atoms. The first-order valence-corrected chi connectivity index (χ1v) is 12.4. The molecule has 0 spiro atoms. The van der Waals surface area contributed by atoms with E-state index in [2.05, 4.69) is 10.6 Å². The lowest BCUT2D eigenvalue weighted by Gasteiger charge is -2.22. The fourth-order valence-corrected chi connectivity index (χ4v) is 6.53. The minimum absolute atomic E-state index is 0.0252. The Morgan fingerprint density at radius 2 is 1.74 bits per heavy atom. The monoisotopic (exact) mass is 467 g/mol. The molecule has 1 aromatic heterocycles. The van der Waals surface area contributed by atoms with E-state index in [0.717, 1.165) is 17.5 Å². The van der Waals surface area contributed by atoms with E-state index in [4.69, 9.17) is 4.42 Å². The summed E-state index contributed by atoms with van der Waals surface area (Å²) < 4.78 is 30.9. The molecule has 0 saturated heterocycles. The molecule has 168 valence electrons. The first kappa shape index (κ1) is 23.3. The van der Waals surface area contributed by atoms with E-state index in [1.807, 2.05) is 6.92 Å². The minimum Gasteiger partial charge on any atom is -0.464 e. The largest absolute Gasteiger partial charge is 0.464 e. The number of Topliss-reactive ketones (excluding diaryl/α,β-unsaturated/α-hetero) is 1. The van der Waals surface area contributed by atoms with E-state index in [0.29, 0.717) is 12.2 Å². The Balaban J connectivity index is 1.79. The van der Waals surface area contributed by atoms with Crippen LogP contribution in [0.4, 0.5) is 11.4 Å². The third-order valence-electron chi connectivity index (χ3n) is 5.13. The summed E-state index contributed by atoms with van der Waals surface area (Å²) in [4.78, 5) is 37.1. The average molecular weight is 468 g/mol. The number of allylic oxidation sites excluding steroid dienone is 1. The number of ketones is 1. The zero-order valence-electron chi connectivity index (χ0n) is 17.7. The fourth-order valence-electron chi connectivity index (χ4n) is 3.36. The van der Waals surface area contributed by atoms with Crippen LogP contribution in [0, 0.1) is 6.92 Å². The zero-order valence-corrected chi connectivity index (χ0v) is 19.4. The number of carbonyl (C=O) groups is 1. The number of sulfonamides is 1. The molecule has 1 aliphatic rings. The third kappa shape index (κ3) is 4.21. The van der Waals surface area contributed by atoms with E-state index < -0.39 is 31.2 Å². The van der Waals surface area contributed by atoms with Gasteiger partial charge in [-0.1, -0.05) is 20.8 Å². The Morgan fingerprint density at radius 1 is 1.10 bits per heavy atom. The van der Waals surface area contributed by atoms with Gasteiger partial charge >= 0.3 is 0 Å². The molecule has 0 saturated carbocycles. The highest BCUT2D eigenvalue weighted by molar-refractivity contribution is 8.16. The van der Waals surface area contributed by atoms with Crippen molar-refractivity contribution in [2.45, 2.75) is 44.7 Å². The summed E-state index contributed by atoms with van der Waals surface area (Å²) in [5.74, 6) is 0.693. The highest BCUT2D eigenvalue weighted by atomic mass is 32.3. The first-order chi connectivity index (χ1) is 14.6. The Labute approximate surface area is 184 Å². The van der Waals surface area contributed by atoms with Gasteiger partial charge in [0, 0.05) is 13.1 Å². The van der Waals surface area contributed by atoms with E-state index in [-0.39, 0.29) is 36.2 Å². The lowest BCUT2D eigenvalue weighted by atomic mass is 10.1. The van der Waals surface area contributed by atoms with Crippen LogP contribution in [0.5, 0.6) is 0 Å². The normalized spacial score (nSPS) is 17.9. The predicted octanol–water partition coefficient (Wildman–Crippen LogP) is 2.31. The smallest absolute Gasteiger partial charge is 0.253 e. The number of nitrogens with one attached hydrogen (secondary N) is 2. The van der Waals surface area contributed by atoms with Gasteiger partial charge in [0.15, 0.2) is 4.58 Å². The Kier molecular flexibility index (Phi) is 6.77. The second-order valence-electron chi connectivity index (χ2n) is 7.08. The fraction of sp³-hybridized carbons (Fsp3) is 0.450. The van der Waals surface area contributed by atoms with Crippen LogP contribution in [-0.2, 0) is 14.8 Å². The van der Waals surface area contributed by atoms with Gasteiger partial charge in [0.25, 0.3) is 10.9 Å². The van der Waals surface area contributed by atoms with Crippen LogP contribution in [0.1, 0.15) is 44.8 Å². The maximum Gasteiger partial charge on any atom is 0.253 e. The molecule has 0 fully saturated rings. The number of anilines is 2. The van der Waals surface area contributed by atoms with Gasteiger partial charge in [0.2, 0.25) is 15.8 Å². The minimum atomic E-state index is -3.84. The summed E-state index contributed by atoms with van der Waals surface area (Å²) in [6, 6.07) is 3.25. The first-order valence-electron chi connectivity index (χ1n) is 9.97. The van der Waals surface area contributed by atoms with Crippen molar-refractivity contribution in [2.24, 2.45) is 0 Å². The molecular weight excluding hydrogens is 442 g/mol. The second-order valence-corrected chi connectivity index (χ2v) is 10.4. The molecule has 0 amide bonds. The number of aryl methyl sites for hydroxylation is 1. The predicted molar refractivity (Wildman–Crippen MR) is 121 cm³/mol. The second kappa shape index (κ2) is 9.01. The van der Waals surface area contributed by atoms with Crippen molar-refractivity contribution in [3.05, 3.63) is 55.2 Å². The van der Waals surface area contributed by atoms with Gasteiger partial charge in [-0.25, -0.2) is 12.7 Å². The van der Waals surface area contributed by atoms with Crippen LogP contribution in [-0.4, -0.2) is 36.2 Å². The SMILES string of the molecule is CC[C@@H](Nc1c(NC2=CSC(S(=O)(=O)N(CC)CC)C2=O)c(=O)c1=O)c1ccc(C)o1. The molecule has 9 nitrogen and oxygen atoms in total. The highest BCUT2D eigenvalue weighted by Crippen LogP contribution is 2.34. The molecule has 0 bridgehead atoms. The molecule has 3 rings (SSSR count). The van der Waals surface area contributed by atoms with Gasteiger partial charge in [0.05, 0.1) is 11.7 Å². The van der Waals surface area contributed by atoms with Crippen LogP contribution in [0.2, 0.25) is 0 Å². The maximum absolute atomic E-state index is 12.7. The van der Waals surface area contributed by atoms with Crippen LogP contribution < -0.4 is 21.5 Å². The zero-order chi connectivity index (χ0) is 22.9. The molecule has 0 aliphatic carbocycles. The number of carbonyl (C=O) groups excluding carboxylic acids is 1. The highest BCUT2D eigenvalue weighted by Gasteiger charge is 2.42. The van der Waals surface area contributed by atoms with Crippen LogP contribution in [0.3, 0.4) is 0 Å². The number of rotatable bonds is 10. The standard InChI is InChI=1S/C20H25N3O6S2/c1-5-12(14-9-8-11(4)29-14)21-15-16(19(26)18(15)25)22-13-10-30-20(17(13)24)31(27,28)23(6-2)7-3/h8-10,12,20-22H,5-7H2,1-4H3/t12-,20?/m1/s1. The summed E-state index contributed by atoms with van der Waals surface area (Å²) in [5, 5.41) is 7.07. The van der Waals surface area contributed by atoms with Gasteiger partial charge in [-0.3, -0.25) is 14.4 Å². The van der Waals surface area contributed by atoms with Gasteiger partial charge in [-0.15, -0.1) is 11.8 Å². The lowest BCUT2D eigenvalue weighted by molar-refractivity contribution is -0.113. The van der Waals surface area contributed by atoms with Crippen molar-refractivity contribution in [1.29, 1.82) is 0 Å². The molecule has 2 heterocycles. The van der Waals surface area contributed by atoms with E-state index in [9.17, 15) is 22.8 Å². The molecule has 2 atom stereocenters. The third-order valence-corrected chi connectivity index (χ3v) is 9.01. The molecule has 2 N–H and O–H groups in total. The van der Waals surface area contributed by atoms with E-state index >= 15 is 0 Å². The van der Waals surface area contributed by atoms with E-state index in [1.165, 1.54) is 9.71 Å². The molecule has 11 heteroatoms. The summed E-state index contributed by atoms with van der Waals surface area (Å²) >= 11 is 0.865. The molecule has 0 radical (unpaired) electrons. The van der Waals surface area contributed by atoms with Crippen LogP contribution in [0.15, 0.2) is 37.2 Å². The number of hydrogen-bond acceptors (Lipinski definition) is 9. The van der Waals surface area contributed by atoms with E-state index in [1.54, 1.807) is 32.9 Å². The molecule has 1 unspecified atom stereocenters. The average Bonchev–Trinajstić information content (AvgIpc) is 3.33. The van der Waals surface area contributed by atoms with Gasteiger partial charge in [-0.2, -0.15) is 0 Å². The van der Waals surface area contributed by atoms with Crippen molar-refractivity contribution < 1.29 is 17.6 Å². The van der Waals surface area contributed by atoms with Gasteiger partial charge in [-0.05, 0) is 30.9 Å². The molecule has 1 aliphatic heterocycles. The Morgan fingerprint density at radius 3 is 2.29 bits per heavy atom. The van der Waals surface area contributed by atoms with Crippen molar-refractivity contribution >= 4 is 38.9 Å². The van der Waals surface area contributed by atoms with Crippen LogP contribution in [0.25, 0.3) is 0 Å². The van der Waals surface area contributed by atoms with Crippen molar-refractivity contribution in [3.63, 3.8) is 0 Å². The number of furan rings is 1. The summed E-state index contributed by atoms with van der Waals surface area (Å²) in [6.45, 7) is 7.61. The summed E-state index contributed by atoms with van der Waals surface area (Å²) in [7, 11) is -3.84. The maximum atomic E-state index is 12.7. The van der Waals surface area contributed by atoms with Crippen LogP contribution >= 0.6 is 11.8 Å². The number of hydrogen-bond donors (Lipinski definition) is 2.